The molecule has 3 N–H and O–H groups in total. The van der Waals surface area contributed by atoms with Gasteiger partial charge in [-0.1, -0.05) is 83.8 Å². The normalized spacial score (nSPS) is 11.2. The highest BCUT2D eigenvalue weighted by Gasteiger charge is 2.11. The molecule has 184 valence electrons. The van der Waals surface area contributed by atoms with Gasteiger partial charge in [-0.05, 0) is 55.2 Å². The van der Waals surface area contributed by atoms with Gasteiger partial charge in [0.05, 0.1) is 11.0 Å². The number of nitrogen functional groups attached to an aromatic ring is 1. The number of anilines is 2. The molecule has 0 saturated carbocycles. The Morgan fingerprint density at radius 2 is 1.50 bits per heavy atom. The molecule has 1 aromatic heterocycles. The highest BCUT2D eigenvalue weighted by molar-refractivity contribution is 6.05. The maximum absolute atomic E-state index is 12.7. The number of rotatable bonds is 15. The summed E-state index contributed by atoms with van der Waals surface area (Å²) in [6, 6.07) is 13.8. The lowest BCUT2D eigenvalue weighted by atomic mass is 10.1. The van der Waals surface area contributed by atoms with E-state index in [-0.39, 0.29) is 5.91 Å². The summed E-state index contributed by atoms with van der Waals surface area (Å²) in [5.74, 6) is 0.436. The summed E-state index contributed by atoms with van der Waals surface area (Å²) in [6.07, 6.45) is 15.0. The average Bonchev–Trinajstić information content (AvgIpc) is 3.15. The van der Waals surface area contributed by atoms with Gasteiger partial charge in [0, 0.05) is 17.8 Å². The number of unbranched alkanes of at least 4 members (excludes halogenated alkanes) is 9. The molecule has 5 nitrogen and oxygen atoms in total. The van der Waals surface area contributed by atoms with Gasteiger partial charge < -0.3 is 15.6 Å². The fraction of sp³-hybridized carbons (Fsp3) is 0.517. The molecule has 0 atom stereocenters. The largest absolute Gasteiger partial charge is 0.369 e. The minimum atomic E-state index is -0.106. The lowest BCUT2D eigenvalue weighted by Crippen LogP contribution is -2.11. The zero-order valence-corrected chi connectivity index (χ0v) is 21.1. The predicted molar refractivity (Wildman–Crippen MR) is 144 cm³/mol. The van der Waals surface area contributed by atoms with Crippen LogP contribution in [0.3, 0.4) is 0 Å². The molecule has 3 aromatic rings. The molecule has 5 heteroatoms. The van der Waals surface area contributed by atoms with Gasteiger partial charge in [-0.3, -0.25) is 4.79 Å². The van der Waals surface area contributed by atoms with Crippen molar-refractivity contribution >= 4 is 28.6 Å². The van der Waals surface area contributed by atoms with Gasteiger partial charge >= 0.3 is 0 Å². The van der Waals surface area contributed by atoms with Crippen LogP contribution in [0.15, 0.2) is 42.5 Å². The van der Waals surface area contributed by atoms with E-state index >= 15 is 0 Å². The van der Waals surface area contributed by atoms with Gasteiger partial charge in [-0.15, -0.1) is 0 Å². The van der Waals surface area contributed by atoms with Crippen LogP contribution in [0.25, 0.3) is 11.0 Å². The van der Waals surface area contributed by atoms with Crippen LogP contribution in [0.2, 0.25) is 0 Å². The van der Waals surface area contributed by atoms with Gasteiger partial charge in [0.15, 0.2) is 0 Å². The van der Waals surface area contributed by atoms with Crippen molar-refractivity contribution in [2.45, 2.75) is 97.4 Å². The van der Waals surface area contributed by atoms with Crippen molar-refractivity contribution in [2.75, 3.05) is 11.1 Å². The Hall–Kier alpha value is -2.82. The van der Waals surface area contributed by atoms with Crippen molar-refractivity contribution < 1.29 is 4.79 Å². The van der Waals surface area contributed by atoms with Crippen molar-refractivity contribution in [3.8, 4) is 0 Å². The highest BCUT2D eigenvalue weighted by atomic mass is 16.1. The Morgan fingerprint density at radius 3 is 2.21 bits per heavy atom. The van der Waals surface area contributed by atoms with E-state index in [9.17, 15) is 4.79 Å². The molecule has 2 aromatic carbocycles. The van der Waals surface area contributed by atoms with E-state index in [0.29, 0.717) is 11.5 Å². The SMILES string of the molecule is CCCCCCCCCCn1c(N)nc2cc(NC(=O)c3ccc(CCCCC)cc3)ccc21. The molecule has 0 fully saturated rings. The van der Waals surface area contributed by atoms with Crippen LogP contribution in [0.1, 0.15) is 100 Å². The number of fused-ring (bicyclic) bond motifs is 1. The number of carbonyl (C=O) groups excluding carboxylic acids is 1. The van der Waals surface area contributed by atoms with Gasteiger partial charge in [0.25, 0.3) is 5.91 Å². The smallest absolute Gasteiger partial charge is 0.255 e. The van der Waals surface area contributed by atoms with E-state index in [4.69, 9.17) is 5.73 Å². The topological polar surface area (TPSA) is 72.9 Å². The van der Waals surface area contributed by atoms with Crippen molar-refractivity contribution in [3.05, 3.63) is 53.6 Å². The maximum Gasteiger partial charge on any atom is 0.255 e. The second-order valence-electron chi connectivity index (χ2n) is 9.41. The molecule has 0 spiro atoms. The van der Waals surface area contributed by atoms with E-state index in [1.54, 1.807) is 0 Å². The van der Waals surface area contributed by atoms with E-state index in [1.807, 2.05) is 30.3 Å². The third-order valence-corrected chi connectivity index (χ3v) is 6.56. The molecule has 3 rings (SSSR count). The lowest BCUT2D eigenvalue weighted by molar-refractivity contribution is 0.102. The molecule has 1 amide bonds. The number of amides is 1. The molecular formula is C29H42N4O. The third kappa shape index (κ3) is 7.61. The number of hydrogen-bond donors (Lipinski definition) is 2. The van der Waals surface area contributed by atoms with Crippen molar-refractivity contribution in [1.82, 2.24) is 9.55 Å². The van der Waals surface area contributed by atoms with Gasteiger partial charge in [0.2, 0.25) is 5.95 Å². The lowest BCUT2D eigenvalue weighted by Gasteiger charge is -2.08. The number of imidazole rings is 1. The van der Waals surface area contributed by atoms with Crippen LogP contribution in [0, 0.1) is 0 Å². The van der Waals surface area contributed by atoms with E-state index in [2.05, 4.69) is 40.8 Å². The zero-order valence-electron chi connectivity index (χ0n) is 21.1. The van der Waals surface area contributed by atoms with E-state index in [0.717, 1.165) is 36.1 Å². The Bertz CT molecular complexity index is 1020. The van der Waals surface area contributed by atoms with Gasteiger partial charge in [0.1, 0.15) is 0 Å². The van der Waals surface area contributed by atoms with E-state index in [1.165, 1.54) is 69.8 Å². The second kappa shape index (κ2) is 13.8. The summed E-state index contributed by atoms with van der Waals surface area (Å²) >= 11 is 0. The summed E-state index contributed by atoms with van der Waals surface area (Å²) in [6.45, 7) is 5.35. The predicted octanol–water partition coefficient (Wildman–Crippen LogP) is 7.74. The van der Waals surface area contributed by atoms with Crippen LogP contribution >= 0.6 is 0 Å². The number of benzene rings is 2. The van der Waals surface area contributed by atoms with Crippen LogP contribution in [-0.2, 0) is 13.0 Å². The fourth-order valence-electron chi connectivity index (χ4n) is 4.47. The number of hydrogen-bond acceptors (Lipinski definition) is 3. The number of nitrogens with two attached hydrogens (primary N) is 1. The van der Waals surface area contributed by atoms with Crippen LogP contribution in [0.4, 0.5) is 11.6 Å². The third-order valence-electron chi connectivity index (χ3n) is 6.56. The highest BCUT2D eigenvalue weighted by Crippen LogP contribution is 2.23. The number of carbonyl (C=O) groups is 1. The summed E-state index contributed by atoms with van der Waals surface area (Å²) < 4.78 is 2.09. The second-order valence-corrected chi connectivity index (χ2v) is 9.41. The first-order valence-corrected chi connectivity index (χ1v) is 13.3. The molecule has 0 bridgehead atoms. The van der Waals surface area contributed by atoms with Crippen LogP contribution in [0.5, 0.6) is 0 Å². The van der Waals surface area contributed by atoms with Crippen molar-refractivity contribution in [2.24, 2.45) is 0 Å². The molecular weight excluding hydrogens is 420 g/mol. The summed E-state index contributed by atoms with van der Waals surface area (Å²) in [4.78, 5) is 17.3. The first-order chi connectivity index (χ1) is 16.6. The monoisotopic (exact) mass is 462 g/mol. The molecule has 0 aliphatic carbocycles. The van der Waals surface area contributed by atoms with E-state index < -0.39 is 0 Å². The Morgan fingerprint density at radius 1 is 0.853 bits per heavy atom. The van der Waals surface area contributed by atoms with Crippen molar-refractivity contribution in [3.63, 3.8) is 0 Å². The molecule has 1 heterocycles. The Labute approximate surface area is 205 Å². The quantitative estimate of drug-likeness (QED) is 0.227. The van der Waals surface area contributed by atoms with Crippen LogP contribution < -0.4 is 11.1 Å². The maximum atomic E-state index is 12.7. The number of nitrogens with zero attached hydrogens (tertiary/aromatic N) is 2. The summed E-state index contributed by atoms with van der Waals surface area (Å²) in [5, 5.41) is 3.00. The first-order valence-electron chi connectivity index (χ1n) is 13.3. The van der Waals surface area contributed by atoms with Crippen LogP contribution in [-0.4, -0.2) is 15.5 Å². The molecule has 34 heavy (non-hydrogen) atoms. The molecule has 0 aliphatic rings. The first kappa shape index (κ1) is 25.8. The minimum Gasteiger partial charge on any atom is -0.369 e. The Kier molecular flexibility index (Phi) is 10.5. The standard InChI is InChI=1S/C29H42N4O/c1-3-5-7-8-9-10-11-13-21-33-27-20-19-25(22-26(27)32-29(33)30)31-28(34)24-17-15-23(16-18-24)14-12-6-4-2/h15-20,22H,3-14,21H2,1-2H3,(H2,30,32)(H,31,34). The average molecular weight is 463 g/mol. The molecule has 0 saturated heterocycles. The van der Waals surface area contributed by atoms with Gasteiger partial charge in [-0.2, -0.15) is 0 Å². The fourth-order valence-corrected chi connectivity index (χ4v) is 4.47. The zero-order chi connectivity index (χ0) is 24.2. The van der Waals surface area contributed by atoms with Gasteiger partial charge in [-0.25, -0.2) is 4.98 Å². The Balaban J connectivity index is 1.52. The number of nitrogens with one attached hydrogen (secondary N) is 1. The molecule has 0 unspecified atom stereocenters. The summed E-state index contributed by atoms with van der Waals surface area (Å²) in [5.41, 5.74) is 10.7. The molecule has 0 radical (unpaired) electrons. The number of aromatic nitrogens is 2. The minimum absolute atomic E-state index is 0.106. The summed E-state index contributed by atoms with van der Waals surface area (Å²) in [7, 11) is 0. The number of aryl methyl sites for hydroxylation is 2. The van der Waals surface area contributed by atoms with Crippen molar-refractivity contribution in [1.29, 1.82) is 0 Å². The molecule has 0 aliphatic heterocycles.